The number of methoxy groups -OCH3 is 1. The highest BCUT2D eigenvalue weighted by Gasteiger charge is 2.22. The number of nitrogens with zero attached hydrogens (tertiary/aromatic N) is 2. The zero-order valence-electron chi connectivity index (χ0n) is 12.5. The highest BCUT2D eigenvalue weighted by molar-refractivity contribution is 5.66. The van der Waals surface area contributed by atoms with Gasteiger partial charge >= 0.3 is 6.09 Å². The lowest BCUT2D eigenvalue weighted by Crippen LogP contribution is -2.20. The van der Waals surface area contributed by atoms with Gasteiger partial charge in [-0.05, 0) is 38.1 Å². The Hall–Kier alpha value is -1.55. The van der Waals surface area contributed by atoms with Crippen molar-refractivity contribution in [3.05, 3.63) is 35.4 Å². The minimum Gasteiger partial charge on any atom is -0.453 e. The zero-order chi connectivity index (χ0) is 14.4. The van der Waals surface area contributed by atoms with Gasteiger partial charge in [-0.2, -0.15) is 0 Å². The summed E-state index contributed by atoms with van der Waals surface area (Å²) in [6.45, 7) is 0. The van der Waals surface area contributed by atoms with E-state index >= 15 is 0 Å². The molecule has 1 aliphatic rings. The van der Waals surface area contributed by atoms with E-state index in [1.54, 1.807) is 14.1 Å². The van der Waals surface area contributed by atoms with Crippen LogP contribution >= 0.6 is 0 Å². The number of hydrogen-bond donors (Lipinski definition) is 0. The third-order valence-corrected chi connectivity index (χ3v) is 3.26. The van der Waals surface area contributed by atoms with E-state index in [1.165, 1.54) is 36.0 Å². The van der Waals surface area contributed by atoms with Crippen molar-refractivity contribution >= 4 is 6.09 Å². The molecule has 19 heavy (non-hydrogen) atoms. The number of benzene rings is 1. The van der Waals surface area contributed by atoms with Crippen molar-refractivity contribution in [1.29, 1.82) is 0 Å². The number of fused-ring (bicyclic) bond motifs is 1. The van der Waals surface area contributed by atoms with Crippen molar-refractivity contribution in [2.45, 2.75) is 18.9 Å². The average Bonchev–Trinajstić information content (AvgIpc) is 2.82. The largest absolute Gasteiger partial charge is 0.453 e. The van der Waals surface area contributed by atoms with Gasteiger partial charge in [0.2, 0.25) is 0 Å². The minimum atomic E-state index is -0.319. The second kappa shape index (κ2) is 7.14. The summed E-state index contributed by atoms with van der Waals surface area (Å²) in [5.41, 5.74) is 3.07. The lowest BCUT2D eigenvalue weighted by Gasteiger charge is -2.19. The molecule has 0 fully saturated rings. The summed E-state index contributed by atoms with van der Waals surface area (Å²) in [6, 6.07) is 9.44. The molecule has 0 heterocycles. The predicted octanol–water partition coefficient (Wildman–Crippen LogP) is 2.55. The van der Waals surface area contributed by atoms with E-state index in [2.05, 4.69) is 48.0 Å². The van der Waals surface area contributed by atoms with Crippen LogP contribution in [0.3, 0.4) is 0 Å². The smallest absolute Gasteiger partial charge is 0.408 e. The molecule has 0 aliphatic heterocycles. The van der Waals surface area contributed by atoms with Crippen LogP contribution < -0.4 is 0 Å². The van der Waals surface area contributed by atoms with Gasteiger partial charge in [0.25, 0.3) is 0 Å². The predicted molar refractivity (Wildman–Crippen MR) is 77.3 cm³/mol. The van der Waals surface area contributed by atoms with Gasteiger partial charge in [0.15, 0.2) is 0 Å². The highest BCUT2D eigenvalue weighted by Crippen LogP contribution is 2.33. The monoisotopic (exact) mass is 264 g/mol. The second-order valence-electron chi connectivity index (χ2n) is 5.08. The molecule has 0 bridgehead atoms. The molecule has 1 atom stereocenters. The van der Waals surface area contributed by atoms with Crippen LogP contribution in [0.2, 0.25) is 0 Å². The van der Waals surface area contributed by atoms with E-state index in [0.717, 1.165) is 0 Å². The van der Waals surface area contributed by atoms with Crippen LogP contribution in [-0.4, -0.2) is 51.2 Å². The Labute approximate surface area is 116 Å². The quantitative estimate of drug-likeness (QED) is 0.781. The van der Waals surface area contributed by atoms with Gasteiger partial charge in [-0.15, -0.1) is 0 Å². The fraction of sp³-hybridized carbons (Fsp3) is 0.533. The molecule has 0 spiro atoms. The van der Waals surface area contributed by atoms with E-state index in [-0.39, 0.29) is 6.09 Å². The Balaban J connectivity index is 0.000000224. The van der Waals surface area contributed by atoms with Crippen LogP contribution in [0.25, 0.3) is 0 Å². The van der Waals surface area contributed by atoms with Crippen LogP contribution in [-0.2, 0) is 11.2 Å². The van der Waals surface area contributed by atoms with Gasteiger partial charge < -0.3 is 14.5 Å². The molecule has 1 amide bonds. The van der Waals surface area contributed by atoms with Gasteiger partial charge in [-0.25, -0.2) is 4.79 Å². The Bertz CT molecular complexity index is 416. The van der Waals surface area contributed by atoms with Crippen molar-refractivity contribution < 1.29 is 9.53 Å². The number of carbonyl (C=O) groups excluding carboxylic acids is 1. The number of amides is 1. The topological polar surface area (TPSA) is 32.8 Å². The SMILES string of the molecule is CN(C)C1CCc2ccccc21.COC(=O)N(C)C. The van der Waals surface area contributed by atoms with Crippen LogP contribution in [0, 0.1) is 0 Å². The van der Waals surface area contributed by atoms with Crippen LogP contribution in [0.15, 0.2) is 24.3 Å². The molecule has 1 unspecified atom stereocenters. The number of carbonyl (C=O) groups is 1. The van der Waals surface area contributed by atoms with Crippen molar-refractivity contribution in [3.63, 3.8) is 0 Å². The van der Waals surface area contributed by atoms with E-state index in [0.29, 0.717) is 6.04 Å². The summed E-state index contributed by atoms with van der Waals surface area (Å²) in [4.78, 5) is 13.9. The lowest BCUT2D eigenvalue weighted by molar-refractivity contribution is 0.141. The maximum absolute atomic E-state index is 10.2. The summed E-state index contributed by atoms with van der Waals surface area (Å²) >= 11 is 0. The van der Waals surface area contributed by atoms with Crippen LogP contribution in [0.4, 0.5) is 4.79 Å². The van der Waals surface area contributed by atoms with E-state index in [4.69, 9.17) is 0 Å². The molecule has 0 N–H and O–H groups in total. The number of hydrogen-bond acceptors (Lipinski definition) is 3. The molecule has 0 saturated carbocycles. The molecule has 0 saturated heterocycles. The molecular formula is C15H24N2O2. The van der Waals surface area contributed by atoms with E-state index in [1.807, 2.05) is 0 Å². The van der Waals surface area contributed by atoms with Gasteiger partial charge in [0.05, 0.1) is 7.11 Å². The molecule has 106 valence electrons. The molecule has 2 rings (SSSR count). The number of aryl methyl sites for hydroxylation is 1. The molecule has 4 heteroatoms. The molecule has 1 aromatic rings. The lowest BCUT2D eigenvalue weighted by atomic mass is 10.1. The standard InChI is InChI=1S/C11H15N.C4H9NO2/c1-12(2)11-8-7-9-5-3-4-6-10(9)11;1-5(2)4(6)7-3/h3-6,11H,7-8H2,1-2H3;1-3H3. The summed E-state index contributed by atoms with van der Waals surface area (Å²) < 4.78 is 4.30. The Morgan fingerprint density at radius 3 is 2.32 bits per heavy atom. The van der Waals surface area contributed by atoms with Gasteiger partial charge in [0.1, 0.15) is 0 Å². The zero-order valence-corrected chi connectivity index (χ0v) is 12.5. The second-order valence-corrected chi connectivity index (χ2v) is 5.08. The minimum absolute atomic E-state index is 0.319. The summed E-state index contributed by atoms with van der Waals surface area (Å²) in [5.74, 6) is 0. The van der Waals surface area contributed by atoms with Gasteiger partial charge in [0, 0.05) is 20.1 Å². The molecule has 1 aliphatic carbocycles. The first-order chi connectivity index (χ1) is 8.97. The van der Waals surface area contributed by atoms with Crippen molar-refractivity contribution in [3.8, 4) is 0 Å². The van der Waals surface area contributed by atoms with Crippen LogP contribution in [0.5, 0.6) is 0 Å². The average molecular weight is 264 g/mol. The maximum Gasteiger partial charge on any atom is 0.408 e. The number of ether oxygens (including phenoxy) is 1. The fourth-order valence-corrected chi connectivity index (χ4v) is 2.25. The van der Waals surface area contributed by atoms with Gasteiger partial charge in [-0.1, -0.05) is 24.3 Å². The summed E-state index contributed by atoms with van der Waals surface area (Å²) in [5, 5.41) is 0. The maximum atomic E-state index is 10.2. The Kier molecular flexibility index (Phi) is 5.83. The molecule has 0 radical (unpaired) electrons. The van der Waals surface area contributed by atoms with Crippen molar-refractivity contribution in [2.24, 2.45) is 0 Å². The molecule has 1 aromatic carbocycles. The first kappa shape index (κ1) is 15.5. The van der Waals surface area contributed by atoms with Crippen molar-refractivity contribution in [2.75, 3.05) is 35.3 Å². The molecular weight excluding hydrogens is 240 g/mol. The molecule has 4 nitrogen and oxygen atoms in total. The first-order valence-corrected chi connectivity index (χ1v) is 6.46. The summed E-state index contributed by atoms with van der Waals surface area (Å²) in [6.07, 6.45) is 2.21. The highest BCUT2D eigenvalue weighted by atomic mass is 16.5. The Morgan fingerprint density at radius 2 is 1.84 bits per heavy atom. The van der Waals surface area contributed by atoms with Gasteiger partial charge in [-0.3, -0.25) is 0 Å². The Morgan fingerprint density at radius 1 is 1.21 bits per heavy atom. The normalized spacial score (nSPS) is 16.4. The van der Waals surface area contributed by atoms with Crippen molar-refractivity contribution in [1.82, 2.24) is 9.80 Å². The first-order valence-electron chi connectivity index (χ1n) is 6.46. The van der Waals surface area contributed by atoms with Crippen LogP contribution in [0.1, 0.15) is 23.6 Å². The fourth-order valence-electron chi connectivity index (χ4n) is 2.25. The van der Waals surface area contributed by atoms with E-state index < -0.39 is 0 Å². The summed E-state index contributed by atoms with van der Waals surface area (Å²) in [7, 11) is 8.93. The van der Waals surface area contributed by atoms with E-state index in [9.17, 15) is 4.79 Å². The third-order valence-electron chi connectivity index (χ3n) is 3.26. The number of rotatable bonds is 1. The molecule has 0 aromatic heterocycles. The third kappa shape index (κ3) is 4.24.